The lowest BCUT2D eigenvalue weighted by molar-refractivity contribution is -0.126. The summed E-state index contributed by atoms with van der Waals surface area (Å²) in [6.07, 6.45) is 0.331. The summed E-state index contributed by atoms with van der Waals surface area (Å²) in [7, 11) is 1.78. The zero-order chi connectivity index (χ0) is 21.1. The second kappa shape index (κ2) is 8.18. The van der Waals surface area contributed by atoms with Crippen molar-refractivity contribution >= 4 is 23.5 Å². The maximum atomic E-state index is 13.1. The van der Waals surface area contributed by atoms with Gasteiger partial charge in [-0.15, -0.1) is 0 Å². The van der Waals surface area contributed by atoms with Crippen LogP contribution in [0.1, 0.15) is 16.8 Å². The number of hydrogen-bond donors (Lipinski definition) is 1. The highest BCUT2D eigenvalue weighted by atomic mass is 16.2. The van der Waals surface area contributed by atoms with Crippen LogP contribution in [0.15, 0.2) is 60.7 Å². The minimum Gasteiger partial charge on any atom is -0.345 e. The van der Waals surface area contributed by atoms with Gasteiger partial charge < -0.3 is 20.0 Å². The lowest BCUT2D eigenvalue weighted by atomic mass is 9.86. The third-order valence-corrected chi connectivity index (χ3v) is 5.84. The molecule has 7 heteroatoms. The van der Waals surface area contributed by atoms with Gasteiger partial charge in [0.15, 0.2) is 0 Å². The van der Waals surface area contributed by atoms with E-state index in [9.17, 15) is 14.4 Å². The van der Waals surface area contributed by atoms with Crippen LogP contribution in [0.5, 0.6) is 0 Å². The van der Waals surface area contributed by atoms with Crippen molar-refractivity contribution in [2.24, 2.45) is 5.41 Å². The van der Waals surface area contributed by atoms with E-state index in [1.165, 1.54) is 0 Å². The van der Waals surface area contributed by atoms with E-state index in [4.69, 9.17) is 0 Å². The van der Waals surface area contributed by atoms with Gasteiger partial charge in [0, 0.05) is 62.9 Å². The van der Waals surface area contributed by atoms with Crippen molar-refractivity contribution in [3.05, 3.63) is 66.2 Å². The average molecular weight is 406 g/mol. The number of nitrogens with zero attached hydrogens (tertiary/aromatic N) is 3. The molecule has 1 atom stereocenters. The number of benzene rings is 2. The van der Waals surface area contributed by atoms with E-state index in [-0.39, 0.29) is 17.8 Å². The van der Waals surface area contributed by atoms with E-state index in [0.717, 1.165) is 5.69 Å². The second-order valence-electron chi connectivity index (χ2n) is 8.24. The van der Waals surface area contributed by atoms with Crippen LogP contribution in [0.2, 0.25) is 0 Å². The molecule has 4 amide bonds. The molecule has 1 N–H and O–H groups in total. The van der Waals surface area contributed by atoms with Crippen molar-refractivity contribution in [1.82, 2.24) is 14.7 Å². The van der Waals surface area contributed by atoms with Gasteiger partial charge in [0.25, 0.3) is 5.91 Å². The molecule has 30 heavy (non-hydrogen) atoms. The van der Waals surface area contributed by atoms with Crippen molar-refractivity contribution in [1.29, 1.82) is 0 Å². The fourth-order valence-corrected chi connectivity index (χ4v) is 4.41. The van der Waals surface area contributed by atoms with Crippen LogP contribution in [0.3, 0.4) is 0 Å². The van der Waals surface area contributed by atoms with E-state index in [2.05, 4.69) is 5.32 Å². The smallest absolute Gasteiger partial charge is 0.321 e. The summed E-state index contributed by atoms with van der Waals surface area (Å²) in [6.45, 7) is 2.25. The number of para-hydroxylation sites is 1. The Balaban J connectivity index is 1.57. The third-order valence-electron chi connectivity index (χ3n) is 5.84. The predicted octanol–water partition coefficient (Wildman–Crippen LogP) is 2.53. The molecule has 1 spiro atoms. The normalized spacial score (nSPS) is 21.6. The van der Waals surface area contributed by atoms with Crippen LogP contribution >= 0.6 is 0 Å². The molecule has 7 nitrogen and oxygen atoms in total. The van der Waals surface area contributed by atoms with Gasteiger partial charge in [0.05, 0.1) is 0 Å². The monoisotopic (exact) mass is 406 g/mol. The Hall–Kier alpha value is -3.35. The minimum absolute atomic E-state index is 0.0485. The fourth-order valence-electron chi connectivity index (χ4n) is 4.41. The standard InChI is InChI=1S/C23H26N4O3/c1-25-15-23(14-20(25)28)16-26(21(29)18-8-4-2-5-9-18)12-13-27(17-23)22(30)24-19-10-6-3-7-11-19/h2-11H,12-17H2,1H3,(H,24,30)/t23-/m1/s1. The Morgan fingerprint density at radius 2 is 1.47 bits per heavy atom. The van der Waals surface area contributed by atoms with Gasteiger partial charge in [-0.3, -0.25) is 9.59 Å². The Labute approximate surface area is 176 Å². The van der Waals surface area contributed by atoms with Crippen LogP contribution in [0.4, 0.5) is 10.5 Å². The van der Waals surface area contributed by atoms with Crippen LogP contribution < -0.4 is 5.32 Å². The van der Waals surface area contributed by atoms with Crippen molar-refractivity contribution in [3.8, 4) is 0 Å². The third kappa shape index (κ3) is 4.15. The van der Waals surface area contributed by atoms with E-state index in [1.807, 2.05) is 48.5 Å². The highest BCUT2D eigenvalue weighted by Gasteiger charge is 2.47. The quantitative estimate of drug-likeness (QED) is 0.833. The van der Waals surface area contributed by atoms with Crippen LogP contribution in [-0.2, 0) is 4.79 Å². The van der Waals surface area contributed by atoms with Crippen LogP contribution in [-0.4, -0.2) is 72.3 Å². The van der Waals surface area contributed by atoms with E-state index >= 15 is 0 Å². The second-order valence-corrected chi connectivity index (χ2v) is 8.24. The summed E-state index contributed by atoms with van der Waals surface area (Å²) in [5.74, 6) is -0.0188. The number of hydrogen-bond acceptors (Lipinski definition) is 3. The molecule has 0 bridgehead atoms. The van der Waals surface area contributed by atoms with Gasteiger partial charge in [-0.25, -0.2) is 4.79 Å². The van der Waals surface area contributed by atoms with Gasteiger partial charge >= 0.3 is 6.03 Å². The lowest BCUT2D eigenvalue weighted by Crippen LogP contribution is -2.46. The van der Waals surface area contributed by atoms with Crippen molar-refractivity contribution in [3.63, 3.8) is 0 Å². The van der Waals surface area contributed by atoms with E-state index in [1.54, 1.807) is 33.9 Å². The van der Waals surface area contributed by atoms with Gasteiger partial charge in [-0.2, -0.15) is 0 Å². The highest BCUT2D eigenvalue weighted by Crippen LogP contribution is 2.35. The molecule has 0 aromatic heterocycles. The molecular formula is C23H26N4O3. The number of urea groups is 1. The number of carbonyl (C=O) groups is 3. The summed E-state index contributed by atoms with van der Waals surface area (Å²) in [5, 5.41) is 2.93. The van der Waals surface area contributed by atoms with Crippen molar-refractivity contribution < 1.29 is 14.4 Å². The van der Waals surface area contributed by atoms with Gasteiger partial charge in [0.2, 0.25) is 5.91 Å². The average Bonchev–Trinajstić information content (AvgIpc) is 2.91. The SMILES string of the molecule is CN1C[C@@]2(CC1=O)CN(C(=O)Nc1ccccc1)CCN(C(=O)c1ccccc1)C2. The molecule has 2 heterocycles. The molecule has 2 aliphatic rings. The maximum absolute atomic E-state index is 13.1. The summed E-state index contributed by atoms with van der Waals surface area (Å²) in [6, 6.07) is 18.2. The van der Waals surface area contributed by atoms with Gasteiger partial charge in [-0.1, -0.05) is 36.4 Å². The Bertz CT molecular complexity index is 934. The predicted molar refractivity (Wildman–Crippen MR) is 114 cm³/mol. The molecular weight excluding hydrogens is 380 g/mol. The van der Waals surface area contributed by atoms with E-state index < -0.39 is 5.41 Å². The number of anilines is 1. The topological polar surface area (TPSA) is 73.0 Å². The number of carbonyl (C=O) groups excluding carboxylic acids is 3. The zero-order valence-corrected chi connectivity index (χ0v) is 17.1. The lowest BCUT2D eigenvalue weighted by Gasteiger charge is -2.33. The number of likely N-dealkylation sites (tertiary alicyclic amines) is 1. The molecule has 2 saturated heterocycles. The molecule has 2 fully saturated rings. The van der Waals surface area contributed by atoms with Crippen molar-refractivity contribution in [2.75, 3.05) is 45.1 Å². The largest absolute Gasteiger partial charge is 0.345 e. The van der Waals surface area contributed by atoms with Gasteiger partial charge in [0.1, 0.15) is 0 Å². The number of amides is 4. The Kier molecular flexibility index (Phi) is 5.44. The van der Waals surface area contributed by atoms with E-state index in [0.29, 0.717) is 44.7 Å². The molecule has 0 radical (unpaired) electrons. The number of rotatable bonds is 2. The number of nitrogens with one attached hydrogen (secondary N) is 1. The molecule has 2 aliphatic heterocycles. The molecule has 0 saturated carbocycles. The molecule has 156 valence electrons. The summed E-state index contributed by atoms with van der Waals surface area (Å²) >= 11 is 0. The first-order valence-electron chi connectivity index (χ1n) is 10.2. The molecule has 0 aliphatic carbocycles. The summed E-state index contributed by atoms with van der Waals surface area (Å²) in [5.41, 5.74) is 0.867. The maximum Gasteiger partial charge on any atom is 0.321 e. The highest BCUT2D eigenvalue weighted by molar-refractivity contribution is 5.94. The van der Waals surface area contributed by atoms with Crippen molar-refractivity contribution in [2.45, 2.75) is 6.42 Å². The molecule has 2 aromatic carbocycles. The Morgan fingerprint density at radius 3 is 2.10 bits per heavy atom. The first-order valence-corrected chi connectivity index (χ1v) is 10.2. The Morgan fingerprint density at radius 1 is 0.867 bits per heavy atom. The first kappa shape index (κ1) is 19.9. The molecule has 4 rings (SSSR count). The summed E-state index contributed by atoms with van der Waals surface area (Å²) in [4.78, 5) is 43.7. The summed E-state index contributed by atoms with van der Waals surface area (Å²) < 4.78 is 0. The minimum atomic E-state index is -0.471. The van der Waals surface area contributed by atoms with Crippen LogP contribution in [0.25, 0.3) is 0 Å². The zero-order valence-electron chi connectivity index (χ0n) is 17.1. The first-order chi connectivity index (χ1) is 14.5. The van der Waals surface area contributed by atoms with Crippen LogP contribution in [0, 0.1) is 5.41 Å². The fraction of sp³-hybridized carbons (Fsp3) is 0.348. The molecule has 0 unspecified atom stereocenters. The molecule has 2 aromatic rings. The van der Waals surface area contributed by atoms with Gasteiger partial charge in [-0.05, 0) is 24.3 Å².